The molecule has 0 aliphatic rings. The molecule has 7 heteroatoms. The minimum atomic E-state index is -0.584. The molecule has 2 aromatic carbocycles. The Labute approximate surface area is 215 Å². The predicted octanol–water partition coefficient (Wildman–Crippen LogP) is 6.43. The van der Waals surface area contributed by atoms with E-state index in [0.29, 0.717) is 5.56 Å². The van der Waals surface area contributed by atoms with E-state index in [1.165, 1.54) is 17.3 Å². The number of halogens is 1. The third-order valence-electron chi connectivity index (χ3n) is 6.01. The maximum absolute atomic E-state index is 12.5. The summed E-state index contributed by atoms with van der Waals surface area (Å²) in [4.78, 5) is 24.6. The molecule has 0 spiro atoms. The van der Waals surface area contributed by atoms with Crippen molar-refractivity contribution < 1.29 is 9.18 Å². The van der Waals surface area contributed by atoms with Gasteiger partial charge in [0.15, 0.2) is 0 Å². The van der Waals surface area contributed by atoms with Gasteiger partial charge < -0.3 is 10.3 Å². The van der Waals surface area contributed by atoms with Crippen molar-refractivity contribution in [3.8, 4) is 0 Å². The zero-order valence-corrected chi connectivity index (χ0v) is 21.4. The topological polar surface area (TPSA) is 61.0 Å². The fraction of sp³-hybridized carbons (Fsp3) is 0.241. The Balaban J connectivity index is 1.47. The van der Waals surface area contributed by atoms with Crippen LogP contribution in [0.3, 0.4) is 0 Å². The highest BCUT2D eigenvalue weighted by molar-refractivity contribution is 7.99. The maximum atomic E-state index is 12.5. The van der Waals surface area contributed by atoms with E-state index < -0.39 is 6.67 Å². The number of amides is 1. The van der Waals surface area contributed by atoms with Crippen LogP contribution in [0.15, 0.2) is 76.8 Å². The van der Waals surface area contributed by atoms with Crippen LogP contribution in [0.4, 0.5) is 4.39 Å². The number of H-pyrrole nitrogens is 1. The van der Waals surface area contributed by atoms with Gasteiger partial charge in [0.25, 0.3) is 5.91 Å². The number of aromatic nitrogens is 2. The van der Waals surface area contributed by atoms with Crippen molar-refractivity contribution in [3.05, 3.63) is 89.4 Å². The minimum Gasteiger partial charge on any atom is -0.361 e. The fourth-order valence-electron chi connectivity index (χ4n) is 3.96. The first-order valence-corrected chi connectivity index (χ1v) is 13.0. The third-order valence-corrected chi connectivity index (χ3v) is 7.07. The number of rotatable bonds is 11. The van der Waals surface area contributed by atoms with Gasteiger partial charge in [0.05, 0.1) is 11.3 Å². The van der Waals surface area contributed by atoms with Crippen molar-refractivity contribution in [2.75, 3.05) is 26.3 Å². The standard InChI is InChI=1S/C29H31FN4OS/c1-3-34(4-2)20-21-9-11-23(32-18-21)12-10-22-19-33-27-17-24(13-14-25(22)27)36-28-8-6-5-7-26(28)29(35)31-16-15-30/h5-14,17-19,33H,3-4,15-16,20H2,1-2H3,(H,31,35). The molecule has 0 aliphatic carbocycles. The number of carbonyl (C=O) groups excluding carboxylic acids is 1. The number of nitrogens with zero attached hydrogens (tertiary/aromatic N) is 2. The van der Waals surface area contributed by atoms with Crippen LogP contribution in [0.1, 0.15) is 41.0 Å². The Morgan fingerprint density at radius 2 is 1.94 bits per heavy atom. The molecule has 0 saturated heterocycles. The smallest absolute Gasteiger partial charge is 0.252 e. The molecule has 0 fully saturated rings. The lowest BCUT2D eigenvalue weighted by Gasteiger charge is -2.17. The SMILES string of the molecule is CCN(CC)Cc1ccc(C=Cc2c[nH]c3cc(Sc4ccccc4C(=O)NCCF)ccc23)nc1. The lowest BCUT2D eigenvalue weighted by atomic mass is 10.1. The van der Waals surface area contributed by atoms with E-state index in [9.17, 15) is 9.18 Å². The Kier molecular flexibility index (Phi) is 8.92. The lowest BCUT2D eigenvalue weighted by Crippen LogP contribution is -2.25. The van der Waals surface area contributed by atoms with Gasteiger partial charge in [-0.05, 0) is 60.6 Å². The molecule has 0 aliphatic heterocycles. The fourth-order valence-corrected chi connectivity index (χ4v) is 4.95. The van der Waals surface area contributed by atoms with E-state index >= 15 is 0 Å². The molecule has 1 amide bonds. The van der Waals surface area contributed by atoms with Crippen molar-refractivity contribution in [3.63, 3.8) is 0 Å². The van der Waals surface area contributed by atoms with E-state index in [1.54, 1.807) is 6.07 Å². The van der Waals surface area contributed by atoms with Crippen LogP contribution in [-0.4, -0.2) is 47.1 Å². The van der Waals surface area contributed by atoms with Crippen molar-refractivity contribution in [2.24, 2.45) is 0 Å². The van der Waals surface area contributed by atoms with Gasteiger partial charge in [-0.2, -0.15) is 0 Å². The van der Waals surface area contributed by atoms with Gasteiger partial charge in [-0.1, -0.05) is 56.0 Å². The molecule has 5 nitrogen and oxygen atoms in total. The number of hydrogen-bond donors (Lipinski definition) is 2. The average molecular weight is 503 g/mol. The lowest BCUT2D eigenvalue weighted by molar-refractivity contribution is 0.0948. The summed E-state index contributed by atoms with van der Waals surface area (Å²) in [5.41, 5.74) is 4.78. The summed E-state index contributed by atoms with van der Waals surface area (Å²) in [6.07, 6.45) is 8.04. The zero-order valence-electron chi connectivity index (χ0n) is 20.6. The molecular weight excluding hydrogens is 471 g/mol. The van der Waals surface area contributed by atoms with Crippen molar-refractivity contribution >= 4 is 40.7 Å². The first-order chi connectivity index (χ1) is 17.6. The molecule has 0 unspecified atom stereocenters. The second kappa shape index (κ2) is 12.5. The predicted molar refractivity (Wildman–Crippen MR) is 147 cm³/mol. The summed E-state index contributed by atoms with van der Waals surface area (Å²) < 4.78 is 12.5. The molecule has 0 bridgehead atoms. The van der Waals surface area contributed by atoms with Gasteiger partial charge in [-0.25, -0.2) is 4.39 Å². The van der Waals surface area contributed by atoms with Crippen LogP contribution in [0.25, 0.3) is 23.1 Å². The Morgan fingerprint density at radius 1 is 1.11 bits per heavy atom. The molecule has 2 heterocycles. The number of fused-ring (bicyclic) bond motifs is 1. The van der Waals surface area contributed by atoms with Crippen molar-refractivity contribution in [1.29, 1.82) is 0 Å². The highest BCUT2D eigenvalue weighted by Crippen LogP contribution is 2.33. The molecule has 36 heavy (non-hydrogen) atoms. The van der Waals surface area contributed by atoms with E-state index in [0.717, 1.165) is 51.6 Å². The van der Waals surface area contributed by atoms with Gasteiger partial charge in [-0.15, -0.1) is 0 Å². The monoisotopic (exact) mass is 502 g/mol. The Morgan fingerprint density at radius 3 is 2.69 bits per heavy atom. The summed E-state index contributed by atoms with van der Waals surface area (Å²) in [5, 5.41) is 3.72. The van der Waals surface area contributed by atoms with Gasteiger partial charge in [-0.3, -0.25) is 14.7 Å². The van der Waals surface area contributed by atoms with Gasteiger partial charge >= 0.3 is 0 Å². The van der Waals surface area contributed by atoms with E-state index in [1.807, 2.05) is 36.7 Å². The second-order valence-electron chi connectivity index (χ2n) is 8.38. The molecule has 0 saturated carbocycles. The maximum Gasteiger partial charge on any atom is 0.252 e. The zero-order chi connectivity index (χ0) is 25.3. The van der Waals surface area contributed by atoms with Gasteiger partial charge in [0.2, 0.25) is 0 Å². The van der Waals surface area contributed by atoms with Gasteiger partial charge in [0, 0.05) is 46.2 Å². The summed E-state index contributed by atoms with van der Waals surface area (Å²) in [6, 6.07) is 17.8. The average Bonchev–Trinajstić information content (AvgIpc) is 3.32. The number of nitrogens with one attached hydrogen (secondary N) is 2. The van der Waals surface area contributed by atoms with Crippen LogP contribution >= 0.6 is 11.8 Å². The van der Waals surface area contributed by atoms with E-state index in [2.05, 4.69) is 70.4 Å². The Hall–Kier alpha value is -3.42. The van der Waals surface area contributed by atoms with E-state index in [-0.39, 0.29) is 12.5 Å². The first-order valence-electron chi connectivity index (χ1n) is 12.2. The summed E-state index contributed by atoms with van der Waals surface area (Å²) >= 11 is 1.51. The minimum absolute atomic E-state index is 0.0124. The molecule has 4 aromatic rings. The van der Waals surface area contributed by atoms with Crippen LogP contribution in [0, 0.1) is 0 Å². The third kappa shape index (κ3) is 6.42. The molecular formula is C29H31FN4OS. The summed E-state index contributed by atoms with van der Waals surface area (Å²) in [5.74, 6) is -0.265. The molecule has 0 radical (unpaired) electrons. The molecule has 0 atom stereocenters. The van der Waals surface area contributed by atoms with Gasteiger partial charge in [0.1, 0.15) is 6.67 Å². The number of pyridine rings is 1. The first kappa shape index (κ1) is 25.7. The number of aromatic amines is 1. The van der Waals surface area contributed by atoms with E-state index in [4.69, 9.17) is 0 Å². The van der Waals surface area contributed by atoms with Crippen molar-refractivity contribution in [2.45, 2.75) is 30.2 Å². The summed E-state index contributed by atoms with van der Waals surface area (Å²) in [7, 11) is 0. The van der Waals surface area contributed by atoms with Crippen LogP contribution in [0.5, 0.6) is 0 Å². The molecule has 2 aromatic heterocycles. The van der Waals surface area contributed by atoms with Crippen LogP contribution < -0.4 is 5.32 Å². The number of alkyl halides is 1. The highest BCUT2D eigenvalue weighted by atomic mass is 32.2. The second-order valence-corrected chi connectivity index (χ2v) is 9.50. The molecule has 186 valence electrons. The number of carbonyl (C=O) groups is 1. The normalized spacial score (nSPS) is 11.6. The largest absolute Gasteiger partial charge is 0.361 e. The number of hydrogen-bond acceptors (Lipinski definition) is 4. The number of benzene rings is 2. The molecule has 2 N–H and O–H groups in total. The molecule has 4 rings (SSSR count). The Bertz CT molecular complexity index is 1330. The summed E-state index contributed by atoms with van der Waals surface area (Å²) in [6.45, 7) is 6.75. The van der Waals surface area contributed by atoms with Crippen molar-refractivity contribution in [1.82, 2.24) is 20.2 Å². The highest BCUT2D eigenvalue weighted by Gasteiger charge is 2.12. The van der Waals surface area contributed by atoms with Crippen LogP contribution in [-0.2, 0) is 6.54 Å². The quantitative estimate of drug-likeness (QED) is 0.248. The van der Waals surface area contributed by atoms with Crippen LogP contribution in [0.2, 0.25) is 0 Å².